The van der Waals surface area contributed by atoms with Crippen molar-refractivity contribution in [3.8, 4) is 5.75 Å². The van der Waals surface area contributed by atoms with E-state index >= 15 is 0 Å². The SMILES string of the molecule is COC(C)(C)COC1COc2ccccc2C1Nc1ncnc2[nH]c(C3CC3)cc12. The fourth-order valence-electron chi connectivity index (χ4n) is 3.86. The number of H-pyrrole nitrogens is 1. The van der Waals surface area contributed by atoms with Crippen LogP contribution in [0.2, 0.25) is 0 Å². The first kappa shape index (κ1) is 19.3. The number of methoxy groups -OCH3 is 1. The van der Waals surface area contributed by atoms with Crippen LogP contribution in [0.4, 0.5) is 5.82 Å². The molecule has 7 nitrogen and oxygen atoms in total. The Labute approximate surface area is 176 Å². The maximum atomic E-state index is 6.28. The molecule has 1 aromatic carbocycles. The third-order valence-electron chi connectivity index (χ3n) is 5.98. The molecule has 3 aromatic rings. The molecule has 0 radical (unpaired) electrons. The maximum absolute atomic E-state index is 6.28. The first-order valence-corrected chi connectivity index (χ1v) is 10.5. The highest BCUT2D eigenvalue weighted by atomic mass is 16.6. The monoisotopic (exact) mass is 408 g/mol. The molecule has 2 unspecified atom stereocenters. The van der Waals surface area contributed by atoms with Crippen LogP contribution >= 0.6 is 0 Å². The highest BCUT2D eigenvalue weighted by Gasteiger charge is 2.34. The topological polar surface area (TPSA) is 81.3 Å². The zero-order chi connectivity index (χ0) is 20.7. The van der Waals surface area contributed by atoms with Crippen LogP contribution in [0.25, 0.3) is 11.0 Å². The van der Waals surface area contributed by atoms with Gasteiger partial charge in [0.05, 0.1) is 23.6 Å². The highest BCUT2D eigenvalue weighted by molar-refractivity contribution is 5.88. The number of fused-ring (bicyclic) bond motifs is 2. The summed E-state index contributed by atoms with van der Waals surface area (Å²) in [5, 5.41) is 4.65. The van der Waals surface area contributed by atoms with Crippen LogP contribution in [0, 0.1) is 0 Å². The predicted octanol–water partition coefficient (Wildman–Crippen LogP) is 4.19. The molecule has 1 aliphatic carbocycles. The Morgan fingerprint density at radius 3 is 2.87 bits per heavy atom. The van der Waals surface area contributed by atoms with Crippen molar-refractivity contribution in [2.75, 3.05) is 25.6 Å². The Morgan fingerprint density at radius 2 is 2.07 bits per heavy atom. The molecule has 1 aliphatic heterocycles. The van der Waals surface area contributed by atoms with Crippen LogP contribution in [0.3, 0.4) is 0 Å². The lowest BCUT2D eigenvalue weighted by Crippen LogP contribution is -2.41. The lowest BCUT2D eigenvalue weighted by molar-refractivity contribution is -0.0914. The number of ether oxygens (including phenoxy) is 3. The molecule has 1 saturated carbocycles. The smallest absolute Gasteiger partial charge is 0.143 e. The largest absolute Gasteiger partial charge is 0.490 e. The molecule has 158 valence electrons. The van der Waals surface area contributed by atoms with Gasteiger partial charge in [0.25, 0.3) is 0 Å². The van der Waals surface area contributed by atoms with Crippen molar-refractivity contribution < 1.29 is 14.2 Å². The normalized spacial score (nSPS) is 21.3. The number of hydrogen-bond acceptors (Lipinski definition) is 6. The van der Waals surface area contributed by atoms with E-state index in [-0.39, 0.29) is 17.7 Å². The highest BCUT2D eigenvalue weighted by Crippen LogP contribution is 2.42. The Kier molecular flexibility index (Phi) is 4.87. The van der Waals surface area contributed by atoms with Gasteiger partial charge in [-0.15, -0.1) is 0 Å². The van der Waals surface area contributed by atoms with Crippen molar-refractivity contribution in [1.29, 1.82) is 0 Å². The number of benzene rings is 1. The van der Waals surface area contributed by atoms with E-state index in [2.05, 4.69) is 32.4 Å². The number of aromatic nitrogens is 3. The van der Waals surface area contributed by atoms with Gasteiger partial charge in [-0.2, -0.15) is 0 Å². The van der Waals surface area contributed by atoms with Crippen molar-refractivity contribution in [3.05, 3.63) is 47.9 Å². The van der Waals surface area contributed by atoms with Gasteiger partial charge in [-0.3, -0.25) is 0 Å². The number of aromatic amines is 1. The van der Waals surface area contributed by atoms with E-state index in [9.17, 15) is 0 Å². The van der Waals surface area contributed by atoms with Crippen LogP contribution in [0.5, 0.6) is 5.75 Å². The molecule has 0 bridgehead atoms. The van der Waals surface area contributed by atoms with E-state index in [4.69, 9.17) is 14.2 Å². The number of nitrogens with one attached hydrogen (secondary N) is 2. The number of anilines is 1. The first-order chi connectivity index (χ1) is 14.5. The summed E-state index contributed by atoms with van der Waals surface area (Å²) in [4.78, 5) is 12.4. The minimum absolute atomic E-state index is 0.0972. The lowest BCUT2D eigenvalue weighted by Gasteiger charge is -2.36. The van der Waals surface area contributed by atoms with Gasteiger partial charge < -0.3 is 24.5 Å². The molecular formula is C23H28N4O3. The van der Waals surface area contributed by atoms with E-state index in [0.717, 1.165) is 28.2 Å². The molecule has 7 heteroatoms. The Morgan fingerprint density at radius 1 is 1.23 bits per heavy atom. The van der Waals surface area contributed by atoms with Crippen LogP contribution in [0.1, 0.15) is 49.9 Å². The van der Waals surface area contributed by atoms with Crippen molar-refractivity contribution in [1.82, 2.24) is 15.0 Å². The number of hydrogen-bond donors (Lipinski definition) is 2. The summed E-state index contributed by atoms with van der Waals surface area (Å²) in [5.41, 5.74) is 2.81. The molecule has 5 rings (SSSR count). The molecule has 2 N–H and O–H groups in total. The quantitative estimate of drug-likeness (QED) is 0.610. The average Bonchev–Trinajstić information content (AvgIpc) is 3.52. The first-order valence-electron chi connectivity index (χ1n) is 10.5. The summed E-state index contributed by atoms with van der Waals surface area (Å²) in [6.07, 6.45) is 3.90. The zero-order valence-electron chi connectivity index (χ0n) is 17.6. The van der Waals surface area contributed by atoms with E-state index in [0.29, 0.717) is 19.1 Å². The third-order valence-corrected chi connectivity index (χ3v) is 5.98. The molecule has 3 heterocycles. The number of para-hydroxylation sites is 1. The van der Waals surface area contributed by atoms with Gasteiger partial charge in [0.1, 0.15) is 36.3 Å². The second-order valence-corrected chi connectivity index (χ2v) is 8.77. The van der Waals surface area contributed by atoms with E-state index in [1.807, 2.05) is 32.0 Å². The van der Waals surface area contributed by atoms with Gasteiger partial charge in [0.2, 0.25) is 0 Å². The zero-order valence-corrected chi connectivity index (χ0v) is 17.6. The third kappa shape index (κ3) is 3.75. The molecule has 2 aromatic heterocycles. The van der Waals surface area contributed by atoms with Crippen LogP contribution in [0.15, 0.2) is 36.7 Å². The lowest BCUT2D eigenvalue weighted by atomic mass is 9.97. The summed E-state index contributed by atoms with van der Waals surface area (Å²) in [5.74, 6) is 2.31. The van der Waals surface area contributed by atoms with Gasteiger partial charge in [-0.05, 0) is 44.7 Å². The fourth-order valence-corrected chi connectivity index (χ4v) is 3.86. The molecule has 0 amide bonds. The molecule has 2 atom stereocenters. The van der Waals surface area contributed by atoms with Crippen molar-refractivity contribution in [3.63, 3.8) is 0 Å². The van der Waals surface area contributed by atoms with Gasteiger partial charge in [0.15, 0.2) is 0 Å². The van der Waals surface area contributed by atoms with Crippen molar-refractivity contribution in [2.24, 2.45) is 0 Å². The van der Waals surface area contributed by atoms with E-state index < -0.39 is 0 Å². The summed E-state index contributed by atoms with van der Waals surface area (Å²) in [7, 11) is 1.70. The summed E-state index contributed by atoms with van der Waals surface area (Å²) in [6.45, 7) is 4.96. The second-order valence-electron chi connectivity index (χ2n) is 8.77. The Bertz CT molecular complexity index is 1040. The van der Waals surface area contributed by atoms with Crippen molar-refractivity contribution in [2.45, 2.75) is 50.4 Å². The van der Waals surface area contributed by atoms with Gasteiger partial charge in [-0.1, -0.05) is 18.2 Å². The van der Waals surface area contributed by atoms with E-state index in [1.165, 1.54) is 18.5 Å². The number of rotatable bonds is 7. The van der Waals surface area contributed by atoms with Gasteiger partial charge in [-0.25, -0.2) is 9.97 Å². The Hall–Kier alpha value is -2.64. The van der Waals surface area contributed by atoms with Gasteiger partial charge in [0, 0.05) is 18.4 Å². The Balaban J connectivity index is 1.47. The van der Waals surface area contributed by atoms with Gasteiger partial charge >= 0.3 is 0 Å². The molecule has 0 spiro atoms. The average molecular weight is 409 g/mol. The molecule has 2 aliphatic rings. The molecular weight excluding hydrogens is 380 g/mol. The van der Waals surface area contributed by atoms with E-state index in [1.54, 1.807) is 13.4 Å². The summed E-state index contributed by atoms with van der Waals surface area (Å²) < 4.78 is 17.8. The minimum Gasteiger partial charge on any atom is -0.490 e. The summed E-state index contributed by atoms with van der Waals surface area (Å²) >= 11 is 0. The molecule has 0 saturated heterocycles. The van der Waals surface area contributed by atoms with Crippen LogP contribution < -0.4 is 10.1 Å². The molecule has 1 fully saturated rings. The fraction of sp³-hybridized carbons (Fsp3) is 0.478. The number of nitrogens with zero attached hydrogens (tertiary/aromatic N) is 2. The van der Waals surface area contributed by atoms with Crippen LogP contribution in [-0.4, -0.2) is 47.0 Å². The molecule has 30 heavy (non-hydrogen) atoms. The second kappa shape index (κ2) is 7.56. The minimum atomic E-state index is -0.372. The standard InChI is InChI=1S/C23H28N4O3/c1-23(2,28-3)12-30-19-11-29-18-7-5-4-6-15(18)20(19)27-22-16-10-17(14-8-9-14)26-21(16)24-13-25-22/h4-7,10,13-14,19-20H,8-9,11-12H2,1-3H3,(H2,24,25,26,27). The predicted molar refractivity (Wildman–Crippen MR) is 115 cm³/mol. The summed E-state index contributed by atoms with van der Waals surface area (Å²) in [6, 6.07) is 10.2. The van der Waals surface area contributed by atoms with Crippen molar-refractivity contribution >= 4 is 16.9 Å². The van der Waals surface area contributed by atoms with Crippen LogP contribution in [-0.2, 0) is 9.47 Å². The maximum Gasteiger partial charge on any atom is 0.143 e.